The normalized spacial score (nSPS) is 17.9. The lowest BCUT2D eigenvalue weighted by molar-refractivity contribution is -0.205. The van der Waals surface area contributed by atoms with E-state index in [9.17, 15) is 19.5 Å². The third kappa shape index (κ3) is 7.06. The quantitative estimate of drug-likeness (QED) is 0.157. The molecular weight excluding hydrogens is 642 g/mol. The van der Waals surface area contributed by atoms with Gasteiger partial charge in [-0.15, -0.1) is 6.58 Å². The summed E-state index contributed by atoms with van der Waals surface area (Å²) in [5, 5.41) is 19.0. The number of hydrogen-bond acceptors (Lipinski definition) is 7. The number of aromatic hydroxyl groups is 1. The first-order valence-electron chi connectivity index (χ1n) is 17.2. The van der Waals surface area contributed by atoms with Crippen molar-refractivity contribution >= 4 is 34.3 Å². The molecule has 3 heterocycles. The number of hydrogen-bond donors (Lipinski definition) is 2. The Kier molecular flexibility index (Phi) is 9.54. The molecule has 7 rings (SSSR count). The van der Waals surface area contributed by atoms with Crippen LogP contribution in [0.4, 0.5) is 5.69 Å². The van der Waals surface area contributed by atoms with Crippen molar-refractivity contribution in [1.29, 1.82) is 0 Å². The number of benzene rings is 4. The fourth-order valence-electron chi connectivity index (χ4n) is 7.31. The minimum Gasteiger partial charge on any atom is -0.508 e. The molecule has 2 atom stereocenters. The van der Waals surface area contributed by atoms with Crippen molar-refractivity contribution in [2.75, 3.05) is 25.4 Å². The molecule has 2 fully saturated rings. The van der Waals surface area contributed by atoms with Gasteiger partial charge in [0.25, 0.3) is 0 Å². The van der Waals surface area contributed by atoms with Crippen LogP contribution in [-0.2, 0) is 40.3 Å². The summed E-state index contributed by atoms with van der Waals surface area (Å²) >= 11 is 0. The first-order chi connectivity index (χ1) is 24.8. The van der Waals surface area contributed by atoms with Gasteiger partial charge in [-0.3, -0.25) is 19.1 Å². The molecule has 2 aliphatic rings. The van der Waals surface area contributed by atoms with E-state index in [0.717, 1.165) is 33.2 Å². The van der Waals surface area contributed by atoms with E-state index in [0.29, 0.717) is 25.2 Å². The number of nitrogens with zero attached hydrogens (tertiary/aromatic N) is 6. The van der Waals surface area contributed by atoms with E-state index in [1.807, 2.05) is 83.7 Å². The molecule has 0 aliphatic carbocycles. The van der Waals surface area contributed by atoms with Crippen LogP contribution in [-0.4, -0.2) is 84.3 Å². The molecule has 11 heteroatoms. The summed E-state index contributed by atoms with van der Waals surface area (Å²) in [4.78, 5) is 46.2. The topological polar surface area (TPSA) is 128 Å². The van der Waals surface area contributed by atoms with Crippen molar-refractivity contribution in [3.63, 3.8) is 0 Å². The summed E-state index contributed by atoms with van der Waals surface area (Å²) in [7, 11) is 0. The number of phenols is 1. The third-order valence-electron chi connectivity index (χ3n) is 9.65. The predicted molar refractivity (Wildman–Crippen MR) is 195 cm³/mol. The van der Waals surface area contributed by atoms with Crippen LogP contribution in [0.2, 0.25) is 0 Å². The van der Waals surface area contributed by atoms with Gasteiger partial charge in [-0.2, -0.15) is 5.10 Å². The van der Waals surface area contributed by atoms with Crippen LogP contribution in [0.15, 0.2) is 116 Å². The highest BCUT2D eigenvalue weighted by Gasteiger charge is 2.51. The fourth-order valence-corrected chi connectivity index (χ4v) is 7.31. The minimum atomic E-state index is -0.868. The van der Waals surface area contributed by atoms with Crippen LogP contribution in [0.3, 0.4) is 0 Å². The molecule has 0 spiro atoms. The molecule has 4 aromatic carbocycles. The zero-order valence-corrected chi connectivity index (χ0v) is 28.3. The molecule has 51 heavy (non-hydrogen) atoms. The van der Waals surface area contributed by atoms with Crippen LogP contribution in [0.1, 0.15) is 28.7 Å². The molecule has 3 amide bonds. The Balaban J connectivity index is 1.25. The van der Waals surface area contributed by atoms with Gasteiger partial charge < -0.3 is 20.6 Å². The van der Waals surface area contributed by atoms with Gasteiger partial charge in [0.2, 0.25) is 17.7 Å². The average molecular weight is 684 g/mol. The van der Waals surface area contributed by atoms with Gasteiger partial charge in [-0.05, 0) is 52.9 Å². The van der Waals surface area contributed by atoms with Crippen molar-refractivity contribution in [3.8, 4) is 5.75 Å². The van der Waals surface area contributed by atoms with Gasteiger partial charge in [0.15, 0.2) is 0 Å². The Morgan fingerprint density at radius 3 is 2.45 bits per heavy atom. The second kappa shape index (κ2) is 14.5. The fraction of sp³-hybridized carbons (Fsp3) is 0.250. The van der Waals surface area contributed by atoms with E-state index in [1.54, 1.807) is 50.2 Å². The van der Waals surface area contributed by atoms with Crippen LogP contribution in [0, 0.1) is 0 Å². The average Bonchev–Trinajstić information content (AvgIpc) is 3.54. The van der Waals surface area contributed by atoms with E-state index >= 15 is 0 Å². The van der Waals surface area contributed by atoms with Gasteiger partial charge in [0.1, 0.15) is 18.0 Å². The molecule has 2 saturated heterocycles. The second-order valence-corrected chi connectivity index (χ2v) is 13.1. The molecule has 3 N–H and O–H groups in total. The van der Waals surface area contributed by atoms with Gasteiger partial charge >= 0.3 is 0 Å². The number of amides is 3. The highest BCUT2D eigenvalue weighted by molar-refractivity contribution is 5.92. The van der Waals surface area contributed by atoms with E-state index in [2.05, 4.69) is 11.7 Å². The van der Waals surface area contributed by atoms with E-state index in [1.165, 1.54) is 0 Å². The molecule has 5 aromatic rings. The van der Waals surface area contributed by atoms with Crippen molar-refractivity contribution in [3.05, 3.63) is 138 Å². The number of phenolic OH excluding ortho intramolecular Hbond substituents is 1. The number of carbonyl (C=O) groups excluding carboxylic acids is 3. The van der Waals surface area contributed by atoms with Crippen molar-refractivity contribution in [2.45, 2.75) is 44.6 Å². The Morgan fingerprint density at radius 2 is 1.69 bits per heavy atom. The number of nitrogens with two attached hydrogens (primary N) is 1. The monoisotopic (exact) mass is 683 g/mol. The first kappa shape index (κ1) is 33.6. The molecule has 1 aromatic heterocycles. The van der Waals surface area contributed by atoms with Gasteiger partial charge in [-0.1, -0.05) is 78.9 Å². The number of fused-ring (bicyclic) bond motifs is 2. The number of hydrazine groups is 1. The smallest absolute Gasteiger partial charge is 0.246 e. The number of piperazine rings is 1. The lowest BCUT2D eigenvalue weighted by atomic mass is 9.97. The lowest BCUT2D eigenvalue weighted by Crippen LogP contribution is -2.75. The van der Waals surface area contributed by atoms with Crippen molar-refractivity contribution in [1.82, 2.24) is 29.6 Å². The Labute approximate surface area is 296 Å². The van der Waals surface area contributed by atoms with E-state index in [-0.39, 0.29) is 55.9 Å². The zero-order valence-electron chi connectivity index (χ0n) is 28.3. The molecule has 2 aliphatic heterocycles. The number of para-hydroxylation sites is 1. The number of rotatable bonds is 11. The summed E-state index contributed by atoms with van der Waals surface area (Å²) in [5.41, 5.74) is 11.4. The maximum absolute atomic E-state index is 14.6. The summed E-state index contributed by atoms with van der Waals surface area (Å²) in [6, 6.07) is 29.2. The summed E-state index contributed by atoms with van der Waals surface area (Å²) in [6.07, 6.45) is 3.77. The Bertz CT molecular complexity index is 2060. The van der Waals surface area contributed by atoms with Crippen molar-refractivity contribution < 1.29 is 19.5 Å². The molecule has 0 bridgehead atoms. The molecule has 0 radical (unpaired) electrons. The number of aromatic nitrogens is 2. The number of anilines is 1. The standard InChI is InChI=1S/C40H41N7O4/c1-2-20-44-27-38(50)46-35(22-29-14-17-34(48)18-15-29)40(51)43(26-36(46)47(44)37(49)19-16-28-8-4-3-5-9-28)25-32-12-7-11-31-23-42-45(39(31)32)24-30-10-6-13-33(41)21-30/h2-15,17-18,21,23,35-36,48H,1,16,19-20,22,24-27,41H2/t35-,36-/m0/s1. The third-order valence-corrected chi connectivity index (χ3v) is 9.65. The van der Waals surface area contributed by atoms with E-state index in [4.69, 9.17) is 5.73 Å². The van der Waals surface area contributed by atoms with Gasteiger partial charge in [0.05, 0.1) is 31.3 Å². The predicted octanol–water partition coefficient (Wildman–Crippen LogP) is 4.36. The molecule has 11 nitrogen and oxygen atoms in total. The SMILES string of the molecule is C=CCN1CC(=O)N2[C@@H](Cc3ccc(O)cc3)C(=O)N(Cc3cccc4cnn(Cc5cccc(N)c5)c34)C[C@@H]2N1C(=O)CCc1ccccc1. The van der Waals surface area contributed by atoms with Crippen LogP contribution in [0.5, 0.6) is 5.75 Å². The molecule has 0 unspecified atom stereocenters. The second-order valence-electron chi connectivity index (χ2n) is 13.1. The zero-order chi connectivity index (χ0) is 35.5. The largest absolute Gasteiger partial charge is 0.508 e. The molecular formula is C40H41N7O4. The molecule has 0 saturated carbocycles. The van der Waals surface area contributed by atoms with Crippen LogP contribution >= 0.6 is 0 Å². The van der Waals surface area contributed by atoms with E-state index < -0.39 is 12.2 Å². The highest BCUT2D eigenvalue weighted by Crippen LogP contribution is 2.31. The minimum absolute atomic E-state index is 0.0541. The number of carbonyl (C=O) groups is 3. The summed E-state index contributed by atoms with van der Waals surface area (Å²) in [5.74, 6) is -0.461. The first-order valence-corrected chi connectivity index (χ1v) is 17.2. The maximum atomic E-state index is 14.6. The highest BCUT2D eigenvalue weighted by atomic mass is 16.3. The summed E-state index contributed by atoms with van der Waals surface area (Å²) in [6.45, 7) is 5.00. The van der Waals surface area contributed by atoms with Gasteiger partial charge in [0, 0.05) is 37.0 Å². The van der Waals surface area contributed by atoms with Crippen molar-refractivity contribution in [2.24, 2.45) is 0 Å². The van der Waals surface area contributed by atoms with Crippen LogP contribution < -0.4 is 5.73 Å². The number of aryl methyl sites for hydroxylation is 1. The van der Waals surface area contributed by atoms with Gasteiger partial charge in [-0.25, -0.2) is 10.0 Å². The number of nitrogen functional groups attached to an aromatic ring is 1. The molecule has 260 valence electrons. The Morgan fingerprint density at radius 1 is 0.922 bits per heavy atom. The lowest BCUT2D eigenvalue weighted by Gasteiger charge is -2.55. The summed E-state index contributed by atoms with van der Waals surface area (Å²) < 4.78 is 1.92. The maximum Gasteiger partial charge on any atom is 0.246 e. The van der Waals surface area contributed by atoms with Crippen LogP contribution in [0.25, 0.3) is 10.9 Å². The Hall–Kier alpha value is -5.94.